The summed E-state index contributed by atoms with van der Waals surface area (Å²) in [6, 6.07) is 23.0. The number of carbonyl (C=O) groups is 1. The topological polar surface area (TPSA) is 87.1 Å². The first-order chi connectivity index (χ1) is 17.8. The zero-order valence-corrected chi connectivity index (χ0v) is 21.2. The second-order valence-corrected chi connectivity index (χ2v) is 10.7. The second kappa shape index (κ2) is 10.0. The molecule has 9 heteroatoms. The minimum absolute atomic E-state index is 0.00500. The fraction of sp³-hybridized carbons (Fsp3) is 0.179. The molecule has 1 aliphatic heterocycles. The third-order valence-electron chi connectivity index (χ3n) is 6.09. The second-order valence-electron chi connectivity index (χ2n) is 8.72. The van der Waals surface area contributed by atoms with Gasteiger partial charge in [0.2, 0.25) is 0 Å². The summed E-state index contributed by atoms with van der Waals surface area (Å²) in [5.41, 5.74) is 2.22. The average Bonchev–Trinajstić information content (AvgIpc) is 3.40. The van der Waals surface area contributed by atoms with Crippen molar-refractivity contribution in [3.8, 4) is 22.9 Å². The zero-order chi connectivity index (χ0) is 26.0. The summed E-state index contributed by atoms with van der Waals surface area (Å²) in [7, 11) is -1.87. The lowest BCUT2D eigenvalue weighted by molar-refractivity contribution is 0.0600. The number of esters is 1. The summed E-state index contributed by atoms with van der Waals surface area (Å²) in [6.07, 6.45) is 4.98. The van der Waals surface area contributed by atoms with Crippen molar-refractivity contribution < 1.29 is 27.4 Å². The first-order valence-corrected chi connectivity index (χ1v) is 13.6. The molecule has 2 heterocycles. The van der Waals surface area contributed by atoms with Crippen molar-refractivity contribution in [2.75, 3.05) is 31.4 Å². The fourth-order valence-corrected chi connectivity index (χ4v) is 4.83. The summed E-state index contributed by atoms with van der Waals surface area (Å²) in [5.74, 6) is 1.50. The molecule has 1 saturated heterocycles. The summed E-state index contributed by atoms with van der Waals surface area (Å²) >= 11 is 0. The van der Waals surface area contributed by atoms with Crippen molar-refractivity contribution in [2.45, 2.75) is 11.0 Å². The van der Waals surface area contributed by atoms with Crippen LogP contribution in [0.5, 0.6) is 17.2 Å². The number of anilines is 1. The van der Waals surface area contributed by atoms with Gasteiger partial charge in [-0.1, -0.05) is 6.07 Å². The number of aromatic nitrogens is 1. The summed E-state index contributed by atoms with van der Waals surface area (Å²) in [4.78, 5) is 14.8. The average molecular weight is 519 g/mol. The van der Waals surface area contributed by atoms with E-state index >= 15 is 0 Å². The third kappa shape index (κ3) is 5.31. The number of rotatable bonds is 8. The SMILES string of the molecule is COC(=O)c1cccc(N2CC(Oc3ccc(Oc4ccc(S(C)(=O)=O)cc4)cc3)C2)c1-n1cccc1. The number of methoxy groups -OCH3 is 1. The van der Waals surface area contributed by atoms with E-state index in [1.807, 2.05) is 53.4 Å². The van der Waals surface area contributed by atoms with Gasteiger partial charge in [0.1, 0.15) is 23.4 Å². The number of sulfone groups is 1. The molecule has 0 amide bonds. The maximum absolute atomic E-state index is 12.4. The van der Waals surface area contributed by atoms with Crippen molar-refractivity contribution in [3.63, 3.8) is 0 Å². The molecule has 0 atom stereocenters. The van der Waals surface area contributed by atoms with Crippen LogP contribution in [0.15, 0.2) is 96.2 Å². The minimum Gasteiger partial charge on any atom is -0.487 e. The van der Waals surface area contributed by atoms with E-state index in [0.717, 1.165) is 17.1 Å². The van der Waals surface area contributed by atoms with E-state index in [2.05, 4.69) is 4.90 Å². The van der Waals surface area contributed by atoms with Gasteiger partial charge < -0.3 is 23.7 Å². The van der Waals surface area contributed by atoms with Gasteiger partial charge in [0.25, 0.3) is 0 Å². The van der Waals surface area contributed by atoms with E-state index in [4.69, 9.17) is 14.2 Å². The summed E-state index contributed by atoms with van der Waals surface area (Å²) in [6.45, 7) is 1.34. The summed E-state index contributed by atoms with van der Waals surface area (Å²) in [5, 5.41) is 0. The van der Waals surface area contributed by atoms with Crippen LogP contribution in [0.25, 0.3) is 5.69 Å². The van der Waals surface area contributed by atoms with Gasteiger partial charge in [-0.3, -0.25) is 0 Å². The Kier molecular flexibility index (Phi) is 6.62. The molecule has 0 unspecified atom stereocenters. The number of hydrogen-bond donors (Lipinski definition) is 0. The number of carbonyl (C=O) groups excluding carboxylic acids is 1. The van der Waals surface area contributed by atoms with Gasteiger partial charge in [0.05, 0.1) is 42.0 Å². The van der Waals surface area contributed by atoms with Gasteiger partial charge in [0.15, 0.2) is 9.84 Å². The van der Waals surface area contributed by atoms with Crippen molar-refractivity contribution in [1.29, 1.82) is 0 Å². The van der Waals surface area contributed by atoms with E-state index in [1.54, 1.807) is 30.3 Å². The molecule has 1 aromatic heterocycles. The molecule has 3 aromatic carbocycles. The molecule has 0 radical (unpaired) electrons. The smallest absolute Gasteiger partial charge is 0.340 e. The van der Waals surface area contributed by atoms with E-state index < -0.39 is 9.84 Å². The molecule has 37 heavy (non-hydrogen) atoms. The number of hydrogen-bond acceptors (Lipinski definition) is 7. The molecular weight excluding hydrogens is 492 g/mol. The van der Waals surface area contributed by atoms with Crippen LogP contribution >= 0.6 is 0 Å². The van der Waals surface area contributed by atoms with Crippen molar-refractivity contribution in [2.24, 2.45) is 0 Å². The van der Waals surface area contributed by atoms with Crippen molar-refractivity contribution in [1.82, 2.24) is 4.57 Å². The molecule has 0 bridgehead atoms. The first-order valence-electron chi connectivity index (χ1n) is 11.7. The van der Waals surface area contributed by atoms with Gasteiger partial charge >= 0.3 is 5.97 Å². The quantitative estimate of drug-likeness (QED) is 0.312. The highest BCUT2D eigenvalue weighted by Crippen LogP contribution is 2.33. The molecule has 5 rings (SSSR count). The van der Waals surface area contributed by atoms with Crippen LogP contribution in [0.2, 0.25) is 0 Å². The Balaban J connectivity index is 1.22. The Morgan fingerprint density at radius 2 is 1.43 bits per heavy atom. The van der Waals surface area contributed by atoms with Crippen LogP contribution in [0.3, 0.4) is 0 Å². The lowest BCUT2D eigenvalue weighted by Gasteiger charge is -2.41. The maximum Gasteiger partial charge on any atom is 0.340 e. The number of benzene rings is 3. The largest absolute Gasteiger partial charge is 0.487 e. The van der Waals surface area contributed by atoms with Crippen LogP contribution in [-0.4, -0.2) is 51.5 Å². The van der Waals surface area contributed by atoms with Crippen LogP contribution in [0, 0.1) is 0 Å². The summed E-state index contributed by atoms with van der Waals surface area (Å²) < 4.78 is 42.1. The highest BCUT2D eigenvalue weighted by Gasteiger charge is 2.32. The minimum atomic E-state index is -3.25. The predicted octanol–water partition coefficient (Wildman–Crippen LogP) is 4.73. The molecule has 0 spiro atoms. The molecule has 8 nitrogen and oxygen atoms in total. The molecule has 0 saturated carbocycles. The Labute approximate surface area is 215 Å². The van der Waals surface area contributed by atoms with Crippen LogP contribution in [-0.2, 0) is 14.6 Å². The maximum atomic E-state index is 12.4. The van der Waals surface area contributed by atoms with E-state index in [9.17, 15) is 13.2 Å². The molecule has 190 valence electrons. The van der Waals surface area contributed by atoms with E-state index in [1.165, 1.54) is 25.5 Å². The highest BCUT2D eigenvalue weighted by atomic mass is 32.2. The van der Waals surface area contributed by atoms with E-state index in [0.29, 0.717) is 30.2 Å². The molecule has 1 aliphatic rings. The Bertz CT molecular complexity index is 1490. The standard InChI is InChI=1S/C28H26N2O6S/c1-34-28(31)25-6-5-7-26(27(25)29-16-3-4-17-29)30-18-23(19-30)36-21-10-8-20(9-11-21)35-22-12-14-24(15-13-22)37(2,32)33/h3-17,23H,18-19H2,1-2H3. The van der Waals surface area contributed by atoms with Crippen LogP contribution in [0.4, 0.5) is 5.69 Å². The van der Waals surface area contributed by atoms with Crippen LogP contribution < -0.4 is 14.4 Å². The van der Waals surface area contributed by atoms with Gasteiger partial charge in [-0.15, -0.1) is 0 Å². The number of ether oxygens (including phenoxy) is 3. The van der Waals surface area contributed by atoms with E-state index in [-0.39, 0.29) is 17.0 Å². The zero-order valence-electron chi connectivity index (χ0n) is 20.4. The van der Waals surface area contributed by atoms with Gasteiger partial charge in [-0.05, 0) is 72.8 Å². The fourth-order valence-electron chi connectivity index (χ4n) is 4.20. The molecule has 4 aromatic rings. The molecule has 0 aliphatic carbocycles. The lowest BCUT2D eigenvalue weighted by Crippen LogP contribution is -2.54. The Hall–Kier alpha value is -4.24. The predicted molar refractivity (Wildman–Crippen MR) is 140 cm³/mol. The molecule has 1 fully saturated rings. The molecule has 0 N–H and O–H groups in total. The van der Waals surface area contributed by atoms with Crippen molar-refractivity contribution in [3.05, 3.63) is 96.8 Å². The van der Waals surface area contributed by atoms with Crippen LogP contribution in [0.1, 0.15) is 10.4 Å². The monoisotopic (exact) mass is 518 g/mol. The Morgan fingerprint density at radius 1 is 0.838 bits per heavy atom. The lowest BCUT2D eigenvalue weighted by atomic mass is 10.1. The van der Waals surface area contributed by atoms with Gasteiger partial charge in [-0.2, -0.15) is 0 Å². The number of nitrogens with zero attached hydrogens (tertiary/aromatic N) is 2. The normalized spacial score (nSPS) is 13.6. The Morgan fingerprint density at radius 3 is 2.03 bits per heavy atom. The highest BCUT2D eigenvalue weighted by molar-refractivity contribution is 7.90. The number of para-hydroxylation sites is 1. The first kappa shape index (κ1) is 24.5. The molecular formula is C28H26N2O6S. The third-order valence-corrected chi connectivity index (χ3v) is 7.21. The van der Waals surface area contributed by atoms with Crippen molar-refractivity contribution >= 4 is 21.5 Å². The van der Waals surface area contributed by atoms with Gasteiger partial charge in [0, 0.05) is 18.6 Å². The van der Waals surface area contributed by atoms with Gasteiger partial charge in [-0.25, -0.2) is 13.2 Å².